The molecular weight excluding hydrogens is 485 g/mol. The Kier molecular flexibility index (Phi) is 6.39. The zero-order valence-corrected chi connectivity index (χ0v) is 18.0. The first kappa shape index (κ1) is 20.7. The maximum atomic E-state index is 12.3. The number of imide groups is 1. The lowest BCUT2D eigenvalue weighted by atomic mass is 10.1. The highest BCUT2D eigenvalue weighted by molar-refractivity contribution is 14.1. The minimum absolute atomic E-state index is 0.214. The number of nitrogens with zero attached hydrogens (tertiary/aromatic N) is 2. The number of benzene rings is 2. The topological polar surface area (TPSA) is 91.7 Å². The monoisotopic (exact) mass is 503 g/mol. The van der Waals surface area contributed by atoms with Gasteiger partial charge >= 0.3 is 6.03 Å². The van der Waals surface area contributed by atoms with Gasteiger partial charge in [0.05, 0.1) is 22.3 Å². The van der Waals surface area contributed by atoms with E-state index in [1.54, 1.807) is 31.2 Å². The van der Waals surface area contributed by atoms with Gasteiger partial charge < -0.3 is 14.8 Å². The molecule has 29 heavy (non-hydrogen) atoms. The van der Waals surface area contributed by atoms with Crippen molar-refractivity contribution in [2.24, 2.45) is 0 Å². The van der Waals surface area contributed by atoms with Gasteiger partial charge in [0.15, 0.2) is 11.5 Å². The highest BCUT2D eigenvalue weighted by Crippen LogP contribution is 2.35. The molecule has 3 rings (SSSR count). The van der Waals surface area contributed by atoms with Crippen molar-refractivity contribution in [2.45, 2.75) is 13.5 Å². The van der Waals surface area contributed by atoms with Gasteiger partial charge in [-0.3, -0.25) is 9.69 Å². The molecule has 3 amide bonds. The summed E-state index contributed by atoms with van der Waals surface area (Å²) in [6.45, 7) is 2.26. The van der Waals surface area contributed by atoms with E-state index < -0.39 is 6.03 Å². The van der Waals surface area contributed by atoms with Crippen molar-refractivity contribution in [2.75, 3.05) is 13.7 Å². The summed E-state index contributed by atoms with van der Waals surface area (Å²) in [6, 6.07) is 12.5. The molecule has 0 aromatic heterocycles. The van der Waals surface area contributed by atoms with Crippen LogP contribution in [-0.2, 0) is 11.4 Å². The minimum atomic E-state index is -0.429. The number of urea groups is 1. The Morgan fingerprint density at radius 1 is 1.28 bits per heavy atom. The molecule has 2 aromatic rings. The first-order valence-corrected chi connectivity index (χ1v) is 9.89. The number of amides is 3. The number of ether oxygens (including phenoxy) is 2. The van der Waals surface area contributed by atoms with Crippen LogP contribution in [0.15, 0.2) is 42.1 Å². The third-order valence-electron chi connectivity index (χ3n) is 4.35. The molecule has 8 heteroatoms. The number of halogens is 1. The molecule has 0 atom stereocenters. The van der Waals surface area contributed by atoms with E-state index in [-0.39, 0.29) is 18.2 Å². The van der Waals surface area contributed by atoms with Crippen molar-refractivity contribution in [1.29, 1.82) is 5.26 Å². The summed E-state index contributed by atoms with van der Waals surface area (Å²) in [5.74, 6) is 0.669. The zero-order chi connectivity index (χ0) is 21.0. The fourth-order valence-electron chi connectivity index (χ4n) is 2.89. The van der Waals surface area contributed by atoms with E-state index in [0.717, 1.165) is 14.0 Å². The number of nitrogens with one attached hydrogen (secondary N) is 1. The van der Waals surface area contributed by atoms with Crippen molar-refractivity contribution in [1.82, 2.24) is 10.2 Å². The number of likely N-dealkylation sites (N-methyl/N-ethyl adjacent to an activating group) is 1. The second-order valence-electron chi connectivity index (χ2n) is 6.13. The van der Waals surface area contributed by atoms with Gasteiger partial charge in [0, 0.05) is 12.1 Å². The van der Waals surface area contributed by atoms with Crippen LogP contribution in [0.5, 0.6) is 11.5 Å². The average Bonchev–Trinajstić information content (AvgIpc) is 2.99. The molecule has 2 aromatic carbocycles. The van der Waals surface area contributed by atoms with Crippen molar-refractivity contribution < 1.29 is 19.1 Å². The second kappa shape index (κ2) is 8.96. The van der Waals surface area contributed by atoms with Crippen LogP contribution in [0.25, 0.3) is 6.08 Å². The van der Waals surface area contributed by atoms with Gasteiger partial charge in [-0.1, -0.05) is 18.2 Å². The number of methoxy groups -OCH3 is 1. The maximum Gasteiger partial charge on any atom is 0.328 e. The molecule has 1 N–H and O–H groups in total. The van der Waals surface area contributed by atoms with Gasteiger partial charge in [-0.05, 0) is 59.4 Å². The van der Waals surface area contributed by atoms with Gasteiger partial charge in [0.25, 0.3) is 5.91 Å². The minimum Gasteiger partial charge on any atom is -0.493 e. The molecule has 0 radical (unpaired) electrons. The van der Waals surface area contributed by atoms with Crippen LogP contribution in [0.2, 0.25) is 0 Å². The Morgan fingerprint density at radius 2 is 2.03 bits per heavy atom. The van der Waals surface area contributed by atoms with Gasteiger partial charge in [-0.2, -0.15) is 5.26 Å². The van der Waals surface area contributed by atoms with Crippen molar-refractivity contribution >= 4 is 40.6 Å². The van der Waals surface area contributed by atoms with Gasteiger partial charge in [-0.15, -0.1) is 0 Å². The maximum absolute atomic E-state index is 12.3. The molecule has 0 aliphatic carbocycles. The molecule has 1 aliphatic heterocycles. The van der Waals surface area contributed by atoms with Gasteiger partial charge in [0.2, 0.25) is 0 Å². The number of hydrogen-bond acceptors (Lipinski definition) is 5. The Balaban J connectivity index is 1.87. The number of carbonyl (C=O) groups excluding carboxylic acids is 2. The molecule has 1 heterocycles. The molecule has 148 valence electrons. The van der Waals surface area contributed by atoms with Crippen molar-refractivity contribution in [3.8, 4) is 17.6 Å². The van der Waals surface area contributed by atoms with E-state index in [4.69, 9.17) is 9.47 Å². The van der Waals surface area contributed by atoms with Crippen LogP contribution in [-0.4, -0.2) is 30.5 Å². The molecule has 0 saturated carbocycles. The third-order valence-corrected chi connectivity index (χ3v) is 5.15. The summed E-state index contributed by atoms with van der Waals surface area (Å²) in [6.07, 6.45) is 1.61. The lowest BCUT2D eigenvalue weighted by molar-refractivity contribution is -0.122. The van der Waals surface area contributed by atoms with Crippen LogP contribution in [0, 0.1) is 14.9 Å². The summed E-state index contributed by atoms with van der Waals surface area (Å²) in [7, 11) is 1.53. The molecule has 1 aliphatic rings. The fraction of sp³-hybridized carbons (Fsp3) is 0.190. The summed E-state index contributed by atoms with van der Waals surface area (Å²) >= 11 is 2.12. The van der Waals surface area contributed by atoms with Gasteiger partial charge in [0.1, 0.15) is 12.3 Å². The van der Waals surface area contributed by atoms with Crippen molar-refractivity contribution in [3.05, 3.63) is 62.4 Å². The predicted molar refractivity (Wildman–Crippen MR) is 115 cm³/mol. The van der Waals surface area contributed by atoms with Crippen LogP contribution in [0.1, 0.15) is 23.6 Å². The number of nitriles is 1. The highest BCUT2D eigenvalue weighted by Gasteiger charge is 2.32. The molecular formula is C21H18IN3O4. The van der Waals surface area contributed by atoms with Crippen LogP contribution in [0.3, 0.4) is 0 Å². The zero-order valence-electron chi connectivity index (χ0n) is 15.9. The molecule has 0 bridgehead atoms. The Labute approximate surface area is 182 Å². The SMILES string of the molecule is CCN1C(=O)N/C(=C/c2cc(I)c(OCc3ccccc3C#N)c(OC)c2)C1=O. The predicted octanol–water partition coefficient (Wildman–Crippen LogP) is 3.66. The lowest BCUT2D eigenvalue weighted by Crippen LogP contribution is -2.30. The molecule has 0 spiro atoms. The van der Waals surface area contributed by atoms with Crippen molar-refractivity contribution in [3.63, 3.8) is 0 Å². The average molecular weight is 503 g/mol. The molecule has 0 unspecified atom stereocenters. The van der Waals surface area contributed by atoms with E-state index in [0.29, 0.717) is 29.2 Å². The first-order valence-electron chi connectivity index (χ1n) is 8.81. The molecule has 1 fully saturated rings. The molecule has 7 nitrogen and oxygen atoms in total. The Morgan fingerprint density at radius 3 is 2.69 bits per heavy atom. The van der Waals surface area contributed by atoms with E-state index in [9.17, 15) is 14.9 Å². The Bertz CT molecular complexity index is 1040. The lowest BCUT2D eigenvalue weighted by Gasteiger charge is -2.14. The second-order valence-corrected chi connectivity index (χ2v) is 7.29. The summed E-state index contributed by atoms with van der Waals surface area (Å²) in [5, 5.41) is 11.8. The number of carbonyl (C=O) groups is 2. The standard InChI is InChI=1S/C21H18IN3O4/c1-3-25-20(26)17(24-21(25)27)9-13-8-16(22)19(18(10-13)28-2)29-12-15-7-5-4-6-14(15)11-23/h4-10H,3,12H2,1-2H3,(H,24,27)/b17-9+. The normalized spacial score (nSPS) is 14.7. The van der Waals surface area contributed by atoms with Crippen LogP contribution >= 0.6 is 22.6 Å². The quantitative estimate of drug-likeness (QED) is 0.369. The van der Waals surface area contributed by atoms with Crippen LogP contribution < -0.4 is 14.8 Å². The summed E-state index contributed by atoms with van der Waals surface area (Å²) < 4.78 is 12.2. The Hall–Kier alpha value is -3.06. The van der Waals surface area contributed by atoms with E-state index in [2.05, 4.69) is 34.0 Å². The van der Waals surface area contributed by atoms with E-state index in [1.807, 2.05) is 18.2 Å². The summed E-state index contributed by atoms with van der Waals surface area (Å²) in [5.41, 5.74) is 2.24. The first-order chi connectivity index (χ1) is 14.0. The number of rotatable bonds is 6. The van der Waals surface area contributed by atoms with Crippen LogP contribution in [0.4, 0.5) is 4.79 Å². The largest absolute Gasteiger partial charge is 0.493 e. The highest BCUT2D eigenvalue weighted by atomic mass is 127. The summed E-state index contributed by atoms with van der Waals surface area (Å²) in [4.78, 5) is 25.2. The van der Waals surface area contributed by atoms with E-state index in [1.165, 1.54) is 7.11 Å². The number of hydrogen-bond donors (Lipinski definition) is 1. The molecule has 1 saturated heterocycles. The third kappa shape index (κ3) is 4.35. The van der Waals surface area contributed by atoms with E-state index >= 15 is 0 Å². The smallest absolute Gasteiger partial charge is 0.328 e. The van der Waals surface area contributed by atoms with Gasteiger partial charge in [-0.25, -0.2) is 4.79 Å². The fourth-order valence-corrected chi connectivity index (χ4v) is 3.67.